The van der Waals surface area contributed by atoms with Crippen LogP contribution < -0.4 is 11.2 Å². The molecule has 0 radical (unpaired) electrons. The van der Waals surface area contributed by atoms with Crippen LogP contribution in [0.25, 0.3) is 11.4 Å². The summed E-state index contributed by atoms with van der Waals surface area (Å²) in [6.45, 7) is 1.88. The Balaban J connectivity index is 1.64. The van der Waals surface area contributed by atoms with E-state index in [1.807, 2.05) is 6.92 Å². The van der Waals surface area contributed by atoms with E-state index in [0.717, 1.165) is 16.8 Å². The fourth-order valence-electron chi connectivity index (χ4n) is 2.16. The van der Waals surface area contributed by atoms with E-state index < -0.39 is 0 Å². The zero-order valence-corrected chi connectivity index (χ0v) is 14.9. The average molecular weight is 375 g/mol. The van der Waals surface area contributed by atoms with Gasteiger partial charge in [-0.25, -0.2) is 4.68 Å². The molecule has 3 rings (SSSR count). The van der Waals surface area contributed by atoms with E-state index >= 15 is 0 Å². The third-order valence-electron chi connectivity index (χ3n) is 3.40. The van der Waals surface area contributed by atoms with Crippen LogP contribution in [0.4, 0.5) is 5.69 Å². The first-order valence-corrected chi connectivity index (χ1v) is 8.70. The number of benzene rings is 1. The molecule has 1 amide bonds. The number of amides is 1. The van der Waals surface area contributed by atoms with E-state index in [-0.39, 0.29) is 11.7 Å². The summed E-state index contributed by atoms with van der Waals surface area (Å²) >= 11 is 7.12. The number of nitrogens with two attached hydrogens (primary N) is 1. The Morgan fingerprint density at radius 3 is 2.76 bits per heavy atom. The lowest BCUT2D eigenvalue weighted by molar-refractivity contribution is -0.113. The highest BCUT2D eigenvalue weighted by Gasteiger charge is 2.14. The minimum Gasteiger partial charge on any atom is -0.335 e. The van der Waals surface area contributed by atoms with Crippen molar-refractivity contribution in [2.45, 2.75) is 12.1 Å². The van der Waals surface area contributed by atoms with Crippen LogP contribution in [0.5, 0.6) is 0 Å². The summed E-state index contributed by atoms with van der Waals surface area (Å²) in [6.07, 6.45) is 3.30. The van der Waals surface area contributed by atoms with E-state index in [9.17, 15) is 4.79 Å². The van der Waals surface area contributed by atoms with Gasteiger partial charge in [-0.3, -0.25) is 9.78 Å². The quantitative estimate of drug-likeness (QED) is 0.526. The first-order chi connectivity index (χ1) is 12.0. The maximum atomic E-state index is 12.1. The molecule has 0 saturated carbocycles. The number of carbonyl (C=O) groups excluding carboxylic acids is 1. The number of aromatic nitrogens is 4. The summed E-state index contributed by atoms with van der Waals surface area (Å²) in [7, 11) is 0. The zero-order chi connectivity index (χ0) is 17.8. The van der Waals surface area contributed by atoms with E-state index in [1.165, 1.54) is 16.4 Å². The molecule has 0 atom stereocenters. The number of pyridine rings is 1. The van der Waals surface area contributed by atoms with Crippen LogP contribution in [-0.2, 0) is 4.79 Å². The van der Waals surface area contributed by atoms with Crippen molar-refractivity contribution in [3.8, 4) is 11.4 Å². The monoisotopic (exact) mass is 374 g/mol. The summed E-state index contributed by atoms with van der Waals surface area (Å²) in [5, 5.41) is 12.0. The fraction of sp³-hybridized carbons (Fsp3) is 0.125. The van der Waals surface area contributed by atoms with Crippen LogP contribution in [0.1, 0.15) is 5.56 Å². The van der Waals surface area contributed by atoms with Crippen LogP contribution >= 0.6 is 23.4 Å². The predicted octanol–water partition coefficient (Wildman–Crippen LogP) is 2.75. The van der Waals surface area contributed by atoms with Gasteiger partial charge in [-0.1, -0.05) is 23.4 Å². The number of anilines is 1. The van der Waals surface area contributed by atoms with Crippen LogP contribution in [0, 0.1) is 6.92 Å². The van der Waals surface area contributed by atoms with Crippen molar-refractivity contribution in [2.24, 2.45) is 0 Å². The lowest BCUT2D eigenvalue weighted by Gasteiger charge is -2.08. The predicted molar refractivity (Wildman–Crippen MR) is 98.9 cm³/mol. The first kappa shape index (κ1) is 17.2. The van der Waals surface area contributed by atoms with Crippen molar-refractivity contribution in [1.29, 1.82) is 0 Å². The number of hydrogen-bond donors (Lipinski definition) is 2. The number of nitrogen functional groups attached to an aromatic ring is 1. The van der Waals surface area contributed by atoms with Crippen molar-refractivity contribution in [3.63, 3.8) is 0 Å². The normalized spacial score (nSPS) is 10.6. The topological polar surface area (TPSA) is 98.7 Å². The van der Waals surface area contributed by atoms with Gasteiger partial charge in [0.2, 0.25) is 11.1 Å². The lowest BCUT2D eigenvalue weighted by Crippen LogP contribution is -2.17. The number of nitrogens with one attached hydrogen (secondary N) is 1. The van der Waals surface area contributed by atoms with Crippen molar-refractivity contribution >= 4 is 35.0 Å². The number of aryl methyl sites for hydroxylation is 1. The van der Waals surface area contributed by atoms with Gasteiger partial charge in [0.1, 0.15) is 0 Å². The fourth-order valence-corrected chi connectivity index (χ4v) is 3.04. The van der Waals surface area contributed by atoms with E-state index in [2.05, 4.69) is 20.5 Å². The molecule has 3 N–H and O–H groups in total. The molecule has 25 heavy (non-hydrogen) atoms. The van der Waals surface area contributed by atoms with Crippen molar-refractivity contribution < 1.29 is 4.79 Å². The number of rotatable bonds is 5. The van der Waals surface area contributed by atoms with Crippen LogP contribution in [0.3, 0.4) is 0 Å². The Labute approximate surface area is 153 Å². The smallest absolute Gasteiger partial charge is 0.234 e. The highest BCUT2D eigenvalue weighted by molar-refractivity contribution is 7.99. The number of nitrogens with zero attached hydrogens (tertiary/aromatic N) is 4. The first-order valence-electron chi connectivity index (χ1n) is 7.34. The molecule has 0 aliphatic heterocycles. The molecule has 2 aromatic heterocycles. The van der Waals surface area contributed by atoms with Gasteiger partial charge < -0.3 is 11.2 Å². The van der Waals surface area contributed by atoms with Crippen LogP contribution in [0.15, 0.2) is 47.9 Å². The number of thioether (sulfide) groups is 1. The molecule has 0 bridgehead atoms. The second-order valence-electron chi connectivity index (χ2n) is 5.21. The molecule has 7 nitrogen and oxygen atoms in total. The summed E-state index contributed by atoms with van der Waals surface area (Å²) < 4.78 is 1.36. The second kappa shape index (κ2) is 7.54. The molecule has 1 aromatic carbocycles. The summed E-state index contributed by atoms with van der Waals surface area (Å²) in [6, 6.07) is 8.87. The number of hydrogen-bond acceptors (Lipinski definition) is 6. The van der Waals surface area contributed by atoms with Gasteiger partial charge >= 0.3 is 0 Å². The maximum absolute atomic E-state index is 12.1. The van der Waals surface area contributed by atoms with Gasteiger partial charge in [0.05, 0.1) is 5.75 Å². The van der Waals surface area contributed by atoms with Gasteiger partial charge in [-0.15, -0.1) is 10.2 Å². The molecule has 0 saturated heterocycles. The standard InChI is InChI=1S/C16H15ClN6OS/c1-10-8-12(17)2-3-13(10)20-14(24)9-25-16-22-21-15(23(16)18)11-4-6-19-7-5-11/h2-8H,9,18H2,1H3,(H,20,24). The third-order valence-corrected chi connectivity index (χ3v) is 4.58. The molecule has 0 aliphatic carbocycles. The van der Waals surface area contributed by atoms with E-state index in [0.29, 0.717) is 16.0 Å². The maximum Gasteiger partial charge on any atom is 0.234 e. The minimum atomic E-state index is -0.163. The van der Waals surface area contributed by atoms with Crippen LogP contribution in [0.2, 0.25) is 5.02 Å². The van der Waals surface area contributed by atoms with Gasteiger partial charge in [0.15, 0.2) is 5.82 Å². The van der Waals surface area contributed by atoms with Gasteiger partial charge in [-0.2, -0.15) is 0 Å². The minimum absolute atomic E-state index is 0.160. The third kappa shape index (κ3) is 4.09. The highest BCUT2D eigenvalue weighted by Crippen LogP contribution is 2.22. The summed E-state index contributed by atoms with van der Waals surface area (Å²) in [5.74, 6) is 6.53. The Hall–Kier alpha value is -2.58. The summed E-state index contributed by atoms with van der Waals surface area (Å²) in [5.41, 5.74) is 2.42. The molecule has 9 heteroatoms. The Morgan fingerprint density at radius 2 is 2.04 bits per heavy atom. The Morgan fingerprint density at radius 1 is 1.28 bits per heavy atom. The average Bonchev–Trinajstić information content (AvgIpc) is 2.97. The van der Waals surface area contributed by atoms with E-state index in [1.54, 1.807) is 42.7 Å². The van der Waals surface area contributed by atoms with E-state index in [4.69, 9.17) is 17.4 Å². The molecule has 3 aromatic rings. The van der Waals surface area contributed by atoms with Crippen molar-refractivity contribution in [1.82, 2.24) is 19.9 Å². The lowest BCUT2D eigenvalue weighted by atomic mass is 10.2. The largest absolute Gasteiger partial charge is 0.335 e. The van der Waals surface area contributed by atoms with Crippen molar-refractivity contribution in [3.05, 3.63) is 53.3 Å². The molecule has 128 valence electrons. The van der Waals surface area contributed by atoms with Gasteiger partial charge in [-0.05, 0) is 42.8 Å². The molecule has 0 aliphatic rings. The van der Waals surface area contributed by atoms with Crippen molar-refractivity contribution in [2.75, 3.05) is 16.9 Å². The molecular weight excluding hydrogens is 360 g/mol. The van der Waals surface area contributed by atoms with Crippen LogP contribution in [-0.4, -0.2) is 31.5 Å². The summed E-state index contributed by atoms with van der Waals surface area (Å²) in [4.78, 5) is 16.1. The number of halogens is 1. The second-order valence-corrected chi connectivity index (χ2v) is 6.59. The van der Waals surface area contributed by atoms with Gasteiger partial charge in [0, 0.05) is 28.7 Å². The molecule has 0 spiro atoms. The SMILES string of the molecule is Cc1cc(Cl)ccc1NC(=O)CSc1nnc(-c2ccncc2)n1N. The molecule has 0 unspecified atom stereocenters. The highest BCUT2D eigenvalue weighted by atomic mass is 35.5. The molecular formula is C16H15ClN6OS. The van der Waals surface area contributed by atoms with Gasteiger partial charge in [0.25, 0.3) is 0 Å². The Kier molecular flexibility index (Phi) is 5.20. The zero-order valence-electron chi connectivity index (χ0n) is 13.3. The number of carbonyl (C=O) groups is 1. The Bertz CT molecular complexity index is 899. The molecule has 2 heterocycles. The molecule has 0 fully saturated rings.